The molecule has 0 aliphatic carbocycles. The van der Waals surface area contributed by atoms with E-state index in [2.05, 4.69) is 5.32 Å². The molecule has 338 valence electrons. The van der Waals surface area contributed by atoms with Gasteiger partial charge >= 0.3 is 48.2 Å². The van der Waals surface area contributed by atoms with Crippen molar-refractivity contribution in [2.45, 2.75) is 129 Å². The molecular weight excluding hydrogens is 824 g/mol. The molecule has 1 unspecified atom stereocenters. The first-order valence-electron chi connectivity index (χ1n) is 18.3. The van der Waals surface area contributed by atoms with E-state index in [1.807, 2.05) is 5.32 Å². The smallest absolute Gasteiger partial charge is 0.403 e. The highest BCUT2D eigenvalue weighted by molar-refractivity contribution is 5.91. The molecule has 60 heavy (non-hydrogen) atoms. The number of rotatable bonds is 17. The second-order valence-electron chi connectivity index (χ2n) is 14.5. The lowest BCUT2D eigenvalue weighted by atomic mass is 9.95. The lowest BCUT2D eigenvalue weighted by Crippen LogP contribution is -2.64. The summed E-state index contributed by atoms with van der Waals surface area (Å²) < 4.78 is 124. The fourth-order valence-electron chi connectivity index (χ4n) is 5.74. The van der Waals surface area contributed by atoms with Crippen LogP contribution in [0.4, 0.5) is 31.1 Å². The summed E-state index contributed by atoms with van der Waals surface area (Å²) in [4.78, 5) is 87.9. The minimum atomic E-state index is -6.18. The van der Waals surface area contributed by atoms with Crippen molar-refractivity contribution in [3.63, 3.8) is 0 Å². The lowest BCUT2D eigenvalue weighted by molar-refractivity contribution is -0.308. The van der Waals surface area contributed by atoms with E-state index in [1.165, 1.54) is 20.8 Å². The third-order valence-corrected chi connectivity index (χ3v) is 8.08. The van der Waals surface area contributed by atoms with E-state index >= 15 is 0 Å². The molecule has 1 aliphatic rings. The van der Waals surface area contributed by atoms with Crippen molar-refractivity contribution in [2.75, 3.05) is 19.8 Å². The van der Waals surface area contributed by atoms with Gasteiger partial charge in [-0.2, -0.15) is 26.3 Å². The molecule has 3 amide bonds. The summed E-state index contributed by atoms with van der Waals surface area (Å²) in [5.74, 6) is -11.5. The topological polar surface area (TPSA) is 211 Å². The Morgan fingerprint density at radius 3 is 1.80 bits per heavy atom. The first kappa shape index (κ1) is 51.0. The maximum absolute atomic E-state index is 14.4. The van der Waals surface area contributed by atoms with Crippen LogP contribution in [0.25, 0.3) is 0 Å². The molecule has 0 saturated carbocycles. The molecule has 23 heteroatoms. The van der Waals surface area contributed by atoms with E-state index < -0.39 is 135 Å². The summed E-state index contributed by atoms with van der Waals surface area (Å²) in [6.07, 6.45) is -21.3. The number of alkyl halides is 6. The van der Waals surface area contributed by atoms with Gasteiger partial charge in [-0.25, -0.2) is 9.59 Å². The van der Waals surface area contributed by atoms with Crippen LogP contribution in [-0.4, -0.2) is 127 Å². The Morgan fingerprint density at radius 2 is 1.30 bits per heavy atom. The van der Waals surface area contributed by atoms with Crippen LogP contribution in [0.1, 0.15) is 67.4 Å². The third-order valence-electron chi connectivity index (χ3n) is 8.08. The minimum Gasteiger partial charge on any atom is -0.463 e. The van der Waals surface area contributed by atoms with Crippen LogP contribution in [0, 0.1) is 5.92 Å². The predicted octanol–water partition coefficient (Wildman–Crippen LogP) is 3.64. The van der Waals surface area contributed by atoms with Crippen molar-refractivity contribution in [3.05, 3.63) is 35.9 Å². The lowest BCUT2D eigenvalue weighted by Gasteiger charge is -2.44. The number of ether oxygens (including phenoxy) is 7. The number of amides is 3. The summed E-state index contributed by atoms with van der Waals surface area (Å²) >= 11 is 0. The molecule has 0 aromatic heterocycles. The Kier molecular flexibility index (Phi) is 18.6. The molecule has 1 heterocycles. The fraction of sp³-hybridized carbons (Fsp3) is 0.649. The summed E-state index contributed by atoms with van der Waals surface area (Å²) in [5, 5.41) is 4.07. The Balaban J connectivity index is 2.53. The molecule has 1 aromatic carbocycles. The van der Waals surface area contributed by atoms with Crippen molar-refractivity contribution in [1.29, 1.82) is 0 Å². The highest BCUT2D eigenvalue weighted by atomic mass is 19.4. The second kappa shape index (κ2) is 21.9. The zero-order chi connectivity index (χ0) is 45.7. The minimum absolute atomic E-state index is 0.00914. The number of urea groups is 1. The van der Waals surface area contributed by atoms with E-state index in [9.17, 15) is 59.9 Å². The number of nitrogens with one attached hydrogen (secondary N) is 2. The number of hydrogen-bond acceptors (Lipinski definition) is 14. The summed E-state index contributed by atoms with van der Waals surface area (Å²) in [6.45, 7) is 6.16. The molecule has 2 N–H and O–H groups in total. The number of benzene rings is 1. The number of carbonyl (C=O) groups is 7. The van der Waals surface area contributed by atoms with Gasteiger partial charge in [-0.1, -0.05) is 30.3 Å². The van der Waals surface area contributed by atoms with Crippen LogP contribution in [0.2, 0.25) is 0 Å². The average molecular weight is 874 g/mol. The van der Waals surface area contributed by atoms with Crippen LogP contribution < -0.4 is 10.6 Å². The van der Waals surface area contributed by atoms with Gasteiger partial charge in [-0.3, -0.25) is 24.0 Å². The van der Waals surface area contributed by atoms with Crippen molar-refractivity contribution in [3.8, 4) is 0 Å². The maximum Gasteiger partial charge on any atom is 0.403 e. The first-order valence-corrected chi connectivity index (χ1v) is 18.3. The molecule has 1 saturated heterocycles. The van der Waals surface area contributed by atoms with E-state index in [0.717, 1.165) is 34.6 Å². The molecule has 0 radical (unpaired) electrons. The standard InChI is InChI=1S/C37H49F6N3O14/c1-19(32(52)56-17-24-13-10-9-11-14-24)44-31(51)26(30(36(38,39)40)37(41,42)43)46(34(53)45-35(6,7)8)15-12-16-54-33-29(59-23(5)50)28(58-22(4)49)27(57-21(3)48)25(60-33)18-55-20(2)47/h9-11,13-14,19,25-30,33H,12,15-18H2,1-8H3,(H,44,51)(H,45,53)/t19-,25+,26?,27+,28-,29+,33+/m0/s1. The van der Waals surface area contributed by atoms with Crippen LogP contribution in [0.5, 0.6) is 0 Å². The van der Waals surface area contributed by atoms with Gasteiger partial charge in [-0.05, 0) is 39.7 Å². The average Bonchev–Trinajstić information content (AvgIpc) is 3.09. The number of esters is 5. The number of hydrogen-bond donors (Lipinski definition) is 2. The molecule has 17 nitrogen and oxygen atoms in total. The summed E-state index contributed by atoms with van der Waals surface area (Å²) in [7, 11) is 0. The van der Waals surface area contributed by atoms with Crippen LogP contribution in [0.15, 0.2) is 30.3 Å². The first-order chi connectivity index (χ1) is 27.6. The number of nitrogens with zero attached hydrogens (tertiary/aromatic N) is 1. The largest absolute Gasteiger partial charge is 0.463 e. The van der Waals surface area contributed by atoms with Crippen molar-refractivity contribution in [2.24, 2.45) is 5.92 Å². The van der Waals surface area contributed by atoms with Crippen molar-refractivity contribution < 1.29 is 93.1 Å². The normalized spacial score (nSPS) is 20.5. The number of carbonyl (C=O) groups excluding carboxylic acids is 7. The molecule has 1 aromatic rings. The molecule has 0 spiro atoms. The van der Waals surface area contributed by atoms with E-state index in [1.54, 1.807) is 30.3 Å². The molecular formula is C37H49F6N3O14. The maximum atomic E-state index is 14.4. The van der Waals surface area contributed by atoms with E-state index in [4.69, 9.17) is 33.2 Å². The molecule has 1 fully saturated rings. The van der Waals surface area contributed by atoms with Gasteiger partial charge in [0.2, 0.25) is 5.91 Å². The van der Waals surface area contributed by atoms with Gasteiger partial charge in [-0.15, -0.1) is 0 Å². The molecule has 7 atom stereocenters. The fourth-order valence-corrected chi connectivity index (χ4v) is 5.74. The second-order valence-corrected chi connectivity index (χ2v) is 14.5. The summed E-state index contributed by atoms with van der Waals surface area (Å²) in [5.41, 5.74) is -0.797. The van der Waals surface area contributed by atoms with Crippen molar-refractivity contribution in [1.82, 2.24) is 15.5 Å². The molecule has 1 aliphatic heterocycles. The number of halogens is 6. The zero-order valence-corrected chi connectivity index (χ0v) is 34.0. The van der Waals surface area contributed by atoms with Gasteiger partial charge in [0.25, 0.3) is 0 Å². The monoisotopic (exact) mass is 873 g/mol. The quantitative estimate of drug-likeness (QED) is 0.0991. The van der Waals surface area contributed by atoms with E-state index in [0.29, 0.717) is 5.56 Å². The van der Waals surface area contributed by atoms with Gasteiger partial charge in [0.1, 0.15) is 31.4 Å². The van der Waals surface area contributed by atoms with Gasteiger partial charge < -0.3 is 48.7 Å². The Morgan fingerprint density at radius 1 is 0.767 bits per heavy atom. The Bertz CT molecular complexity index is 1640. The van der Waals surface area contributed by atoms with Gasteiger partial charge in [0.05, 0.1) is 6.61 Å². The van der Waals surface area contributed by atoms with Gasteiger partial charge in [0, 0.05) is 39.8 Å². The van der Waals surface area contributed by atoms with Crippen LogP contribution in [-0.2, 0) is 68.5 Å². The van der Waals surface area contributed by atoms with Crippen LogP contribution in [0.3, 0.4) is 0 Å². The SMILES string of the molecule is CC(=O)OC[C@H]1O[C@@H](OCCCN(C(=O)NC(C)(C)C)C(C(=O)N[C@@H](C)C(=O)OCc2ccccc2)C(C(F)(F)F)C(F)(F)F)[C@H](OC(C)=O)[C@@H](OC(C)=O)[C@@H]1OC(C)=O. The van der Waals surface area contributed by atoms with Gasteiger partial charge in [0.15, 0.2) is 30.5 Å². The summed E-state index contributed by atoms with van der Waals surface area (Å²) in [6, 6.07) is 1.29. The molecule has 2 rings (SSSR count). The van der Waals surface area contributed by atoms with E-state index in [-0.39, 0.29) is 11.5 Å². The third kappa shape index (κ3) is 16.5. The predicted molar refractivity (Wildman–Crippen MR) is 191 cm³/mol. The Labute approximate surface area is 341 Å². The molecule has 0 bridgehead atoms. The zero-order valence-electron chi connectivity index (χ0n) is 34.0. The highest BCUT2D eigenvalue weighted by Gasteiger charge is 2.64. The Hall–Kier alpha value is -5.19. The van der Waals surface area contributed by atoms with Crippen molar-refractivity contribution >= 4 is 41.8 Å². The highest BCUT2D eigenvalue weighted by Crippen LogP contribution is 2.43. The van der Waals surface area contributed by atoms with Crippen LogP contribution >= 0.6 is 0 Å².